The van der Waals surface area contributed by atoms with E-state index in [0.29, 0.717) is 0 Å². The Morgan fingerprint density at radius 1 is 1.34 bits per heavy atom. The number of carbonyl (C=O) groups excluding carboxylic acids is 2. The van der Waals surface area contributed by atoms with Gasteiger partial charge in [-0.05, 0) is 45.6 Å². The van der Waals surface area contributed by atoms with Crippen LogP contribution in [0.4, 0.5) is 5.82 Å². The number of rotatable bonds is 6. The van der Waals surface area contributed by atoms with E-state index in [1.165, 1.54) is 28.9 Å². The van der Waals surface area contributed by atoms with Crippen LogP contribution in [-0.2, 0) is 19.2 Å². The number of carboxylic acids is 1. The minimum Gasteiger partial charge on any atom is -0.480 e. The summed E-state index contributed by atoms with van der Waals surface area (Å²) in [5.41, 5.74) is 5.57. The first-order valence-electron chi connectivity index (χ1n) is 10.6. The van der Waals surface area contributed by atoms with Gasteiger partial charge in [-0.1, -0.05) is 11.6 Å². The van der Waals surface area contributed by atoms with E-state index in [4.69, 9.17) is 10.6 Å². The van der Waals surface area contributed by atoms with Crippen LogP contribution in [0.2, 0.25) is 0 Å². The van der Waals surface area contributed by atoms with E-state index in [1.54, 1.807) is 13.8 Å². The van der Waals surface area contributed by atoms with E-state index in [-0.39, 0.29) is 23.5 Å². The number of nitrogens with one attached hydrogen (secondary N) is 1. The quantitative estimate of drug-likeness (QED) is 0.315. The summed E-state index contributed by atoms with van der Waals surface area (Å²) in [4.78, 5) is 52.6. The number of hydrogen-bond donors (Lipinski definition) is 3. The summed E-state index contributed by atoms with van der Waals surface area (Å²) in [5.74, 6) is -2.04. The number of carboxylic acid groups (broad SMARTS) is 1. The van der Waals surface area contributed by atoms with Crippen LogP contribution in [0.15, 0.2) is 17.4 Å². The second-order valence-corrected chi connectivity index (χ2v) is 10.4. The fraction of sp³-hybridized carbons (Fsp3) is 0.600. The number of nitrogens with zero attached hydrogens (tertiary/aromatic N) is 4. The Morgan fingerprint density at radius 3 is 2.72 bits per heavy atom. The third-order valence-corrected chi connectivity index (χ3v) is 7.48. The maximum atomic E-state index is 13.1. The van der Waals surface area contributed by atoms with Gasteiger partial charge in [0.15, 0.2) is 5.82 Å². The number of thioether (sulfide) groups is 1. The van der Waals surface area contributed by atoms with Gasteiger partial charge < -0.3 is 25.9 Å². The lowest BCUT2D eigenvalue weighted by Crippen LogP contribution is -2.71. The van der Waals surface area contributed by atoms with Crippen molar-refractivity contribution in [2.45, 2.75) is 74.3 Å². The molecule has 2 saturated heterocycles. The Bertz CT molecular complexity index is 964. The van der Waals surface area contributed by atoms with Gasteiger partial charge in [-0.3, -0.25) is 9.59 Å². The molecule has 0 spiro atoms. The van der Waals surface area contributed by atoms with Crippen LogP contribution in [-0.4, -0.2) is 71.8 Å². The maximum Gasteiger partial charge on any atom is 0.327 e. The van der Waals surface area contributed by atoms with Gasteiger partial charge in [-0.2, -0.15) is 0 Å². The van der Waals surface area contributed by atoms with Crippen molar-refractivity contribution >= 4 is 41.1 Å². The second-order valence-electron chi connectivity index (χ2n) is 8.66. The summed E-state index contributed by atoms with van der Waals surface area (Å²) in [6, 6.07) is -0.354. The zero-order chi connectivity index (χ0) is 23.0. The van der Waals surface area contributed by atoms with Gasteiger partial charge in [-0.25, -0.2) is 14.8 Å². The molecule has 0 aromatic carbocycles. The molecule has 172 valence electrons. The SMILES string of the molecule is CC1(C)S[C@@H]2[C@@H](NC(=O)C(=NOC3CCCCC3)c3nccc(N)n3)C(=O)N2[C@H]1C(=O)O. The number of oxime groups is 1. The summed E-state index contributed by atoms with van der Waals surface area (Å²) in [6.45, 7) is 3.54. The summed E-state index contributed by atoms with van der Waals surface area (Å²) in [7, 11) is 0. The predicted octanol–water partition coefficient (Wildman–Crippen LogP) is 0.744. The Morgan fingerprint density at radius 2 is 2.06 bits per heavy atom. The lowest BCUT2D eigenvalue weighted by atomic mass is 9.96. The van der Waals surface area contributed by atoms with E-state index in [0.717, 1.165) is 32.1 Å². The molecule has 2 amide bonds. The molecule has 1 aliphatic carbocycles. The van der Waals surface area contributed by atoms with Gasteiger partial charge in [0.2, 0.25) is 11.6 Å². The molecule has 11 nitrogen and oxygen atoms in total. The molecule has 1 saturated carbocycles. The summed E-state index contributed by atoms with van der Waals surface area (Å²) in [6.07, 6.45) is 6.19. The monoisotopic (exact) mass is 462 g/mol. The lowest BCUT2D eigenvalue weighted by Gasteiger charge is -2.43. The second kappa shape index (κ2) is 8.57. The molecule has 1 aromatic rings. The molecule has 0 unspecified atom stereocenters. The van der Waals surface area contributed by atoms with Crippen LogP contribution in [0.25, 0.3) is 0 Å². The number of nitrogens with two attached hydrogens (primary N) is 1. The molecule has 3 atom stereocenters. The lowest BCUT2D eigenvalue weighted by molar-refractivity contribution is -0.160. The van der Waals surface area contributed by atoms with Crippen molar-refractivity contribution in [3.63, 3.8) is 0 Å². The topological polar surface area (TPSA) is 160 Å². The first-order chi connectivity index (χ1) is 15.2. The molecular formula is C20H26N6O5S. The molecule has 4 rings (SSSR count). The van der Waals surface area contributed by atoms with Gasteiger partial charge >= 0.3 is 5.97 Å². The summed E-state index contributed by atoms with van der Waals surface area (Å²) < 4.78 is -0.691. The fourth-order valence-corrected chi connectivity index (χ4v) is 5.95. The first-order valence-corrected chi connectivity index (χ1v) is 11.4. The molecule has 0 bridgehead atoms. The average Bonchev–Trinajstić information content (AvgIpc) is 3.01. The van der Waals surface area contributed by atoms with Crippen LogP contribution < -0.4 is 11.1 Å². The highest BCUT2D eigenvalue weighted by Gasteiger charge is 2.64. The van der Waals surface area contributed by atoms with Gasteiger partial charge in [0, 0.05) is 10.9 Å². The third kappa shape index (κ3) is 4.10. The highest BCUT2D eigenvalue weighted by atomic mass is 32.2. The number of nitrogen functional groups attached to an aromatic ring is 1. The van der Waals surface area contributed by atoms with Crippen molar-refractivity contribution < 1.29 is 24.3 Å². The molecule has 12 heteroatoms. The Hall–Kier alpha value is -2.89. The minimum absolute atomic E-state index is 0.00949. The van der Waals surface area contributed by atoms with Crippen LogP contribution in [0.5, 0.6) is 0 Å². The Balaban J connectivity index is 1.53. The normalized spacial score (nSPS) is 27.4. The van der Waals surface area contributed by atoms with Crippen molar-refractivity contribution in [3.8, 4) is 0 Å². The third-order valence-electron chi connectivity index (χ3n) is 5.91. The molecule has 0 radical (unpaired) electrons. The number of carbonyl (C=O) groups is 3. The zero-order valence-corrected chi connectivity index (χ0v) is 18.7. The highest BCUT2D eigenvalue weighted by Crippen LogP contribution is 2.50. The number of β-lactam (4-membered cyclic amide) rings is 1. The summed E-state index contributed by atoms with van der Waals surface area (Å²) >= 11 is 1.34. The van der Waals surface area contributed by atoms with E-state index >= 15 is 0 Å². The van der Waals surface area contributed by atoms with Crippen molar-refractivity contribution in [1.82, 2.24) is 20.2 Å². The number of aliphatic carboxylic acids is 1. The highest BCUT2D eigenvalue weighted by molar-refractivity contribution is 8.01. The van der Waals surface area contributed by atoms with Gasteiger partial charge in [0.25, 0.3) is 5.91 Å². The number of aromatic nitrogens is 2. The molecule has 2 aliphatic heterocycles. The van der Waals surface area contributed by atoms with Crippen molar-refractivity contribution in [3.05, 3.63) is 18.1 Å². The molecule has 3 heterocycles. The number of anilines is 1. The van der Waals surface area contributed by atoms with Crippen molar-refractivity contribution in [2.75, 3.05) is 5.73 Å². The van der Waals surface area contributed by atoms with E-state index in [9.17, 15) is 19.5 Å². The Kier molecular flexibility index (Phi) is 5.97. The van der Waals surface area contributed by atoms with Crippen LogP contribution in [0, 0.1) is 0 Å². The van der Waals surface area contributed by atoms with E-state index < -0.39 is 40.0 Å². The molecule has 4 N–H and O–H groups in total. The summed E-state index contributed by atoms with van der Waals surface area (Å²) in [5, 5.41) is 15.8. The molecular weight excluding hydrogens is 436 g/mol. The molecule has 3 aliphatic rings. The fourth-order valence-electron chi connectivity index (χ4n) is 4.32. The number of fused-ring (bicyclic) bond motifs is 1. The number of amides is 2. The molecule has 32 heavy (non-hydrogen) atoms. The van der Waals surface area contributed by atoms with Crippen LogP contribution >= 0.6 is 11.8 Å². The van der Waals surface area contributed by atoms with Crippen molar-refractivity contribution in [2.24, 2.45) is 5.16 Å². The van der Waals surface area contributed by atoms with Gasteiger partial charge in [0.05, 0.1) is 0 Å². The smallest absolute Gasteiger partial charge is 0.327 e. The van der Waals surface area contributed by atoms with Crippen molar-refractivity contribution in [1.29, 1.82) is 0 Å². The van der Waals surface area contributed by atoms with Gasteiger partial charge in [0.1, 0.15) is 29.4 Å². The number of hydrogen-bond acceptors (Lipinski definition) is 9. The minimum atomic E-state index is -1.07. The largest absolute Gasteiger partial charge is 0.480 e. The standard InChI is InChI=1S/C20H26N6O5S/c1-20(2)14(19(29)30)26-17(28)13(18(26)32-20)24-16(27)12(15-22-9-8-11(21)23-15)25-31-10-6-4-3-5-7-10/h8-10,13-14,18H,3-7H2,1-2H3,(H,24,27)(H,29,30)(H2,21,22,23)/t13-,14-,18+/m0/s1. The van der Waals surface area contributed by atoms with Gasteiger partial charge in [-0.15, -0.1) is 11.8 Å². The van der Waals surface area contributed by atoms with Crippen LogP contribution in [0.1, 0.15) is 51.8 Å². The average molecular weight is 463 g/mol. The van der Waals surface area contributed by atoms with E-state index in [2.05, 4.69) is 20.4 Å². The predicted molar refractivity (Wildman–Crippen MR) is 117 cm³/mol. The first kappa shape index (κ1) is 22.3. The maximum absolute atomic E-state index is 13.1. The molecule has 3 fully saturated rings. The molecule has 1 aromatic heterocycles. The Labute approximate surface area is 189 Å². The van der Waals surface area contributed by atoms with Crippen LogP contribution in [0.3, 0.4) is 0 Å². The zero-order valence-electron chi connectivity index (χ0n) is 17.9. The van der Waals surface area contributed by atoms with E-state index in [1.807, 2.05) is 0 Å².